The molecule has 2 rings (SSSR count). The summed E-state index contributed by atoms with van der Waals surface area (Å²) in [6, 6.07) is 5.30. The molecule has 0 aliphatic heterocycles. The Morgan fingerprint density at radius 3 is 2.74 bits per heavy atom. The number of carbonyl (C=O) groups is 1. The second-order valence-electron chi connectivity index (χ2n) is 4.72. The van der Waals surface area contributed by atoms with Crippen molar-refractivity contribution in [3.8, 4) is 0 Å². The Hall–Kier alpha value is -2.30. The number of carbonyl (C=O) groups excluding carboxylic acids is 1. The molecule has 1 heterocycles. The zero-order chi connectivity index (χ0) is 14.0. The van der Waals surface area contributed by atoms with Crippen molar-refractivity contribution in [1.29, 1.82) is 0 Å². The van der Waals surface area contributed by atoms with E-state index in [9.17, 15) is 4.79 Å². The third kappa shape index (κ3) is 2.59. The van der Waals surface area contributed by atoms with E-state index in [0.29, 0.717) is 5.69 Å². The zero-order valence-corrected chi connectivity index (χ0v) is 11.3. The van der Waals surface area contributed by atoms with Crippen LogP contribution in [0.15, 0.2) is 30.6 Å². The van der Waals surface area contributed by atoms with Crippen LogP contribution in [-0.4, -0.2) is 35.9 Å². The molecule has 0 aliphatic rings. The number of aromatic nitrogens is 1. The summed E-state index contributed by atoms with van der Waals surface area (Å²) in [6.45, 7) is 1.84. The molecule has 0 spiro atoms. The summed E-state index contributed by atoms with van der Waals surface area (Å²) < 4.78 is 0. The van der Waals surface area contributed by atoms with Crippen LogP contribution in [0.4, 0.5) is 11.4 Å². The lowest BCUT2D eigenvalue weighted by molar-refractivity contribution is -0.129. The minimum absolute atomic E-state index is 0.0269. The van der Waals surface area contributed by atoms with Gasteiger partial charge < -0.3 is 16.0 Å². The molecule has 1 unspecified atom stereocenters. The number of likely N-dealkylation sites (N-methyl/N-ethyl adjacent to an activating group) is 1. The SMILES string of the molecule is CC(Nc1ccc(N)c2cnccc12)C(=O)N(C)C. The maximum atomic E-state index is 11.9. The van der Waals surface area contributed by atoms with Gasteiger partial charge in [0.1, 0.15) is 6.04 Å². The van der Waals surface area contributed by atoms with Gasteiger partial charge in [-0.25, -0.2) is 0 Å². The standard InChI is InChI=1S/C14H18N4O/c1-9(14(19)18(2)3)17-13-5-4-12(15)11-8-16-7-6-10(11)13/h4-9,17H,15H2,1-3H3. The number of nitrogens with zero attached hydrogens (tertiary/aromatic N) is 2. The van der Waals surface area contributed by atoms with Crippen molar-refractivity contribution >= 4 is 28.1 Å². The van der Waals surface area contributed by atoms with E-state index in [2.05, 4.69) is 10.3 Å². The molecule has 1 aromatic carbocycles. The van der Waals surface area contributed by atoms with Gasteiger partial charge in [0.25, 0.3) is 0 Å². The van der Waals surface area contributed by atoms with E-state index in [1.165, 1.54) is 0 Å². The van der Waals surface area contributed by atoms with Crippen molar-refractivity contribution in [3.05, 3.63) is 30.6 Å². The molecule has 0 saturated carbocycles. The summed E-state index contributed by atoms with van der Waals surface area (Å²) in [5.74, 6) is 0.0269. The summed E-state index contributed by atoms with van der Waals surface area (Å²) in [4.78, 5) is 17.5. The van der Waals surface area contributed by atoms with Crippen molar-refractivity contribution in [2.45, 2.75) is 13.0 Å². The van der Waals surface area contributed by atoms with Crippen molar-refractivity contribution in [3.63, 3.8) is 0 Å². The molecule has 0 fully saturated rings. The average molecular weight is 258 g/mol. The van der Waals surface area contributed by atoms with Crippen LogP contribution < -0.4 is 11.1 Å². The fraction of sp³-hybridized carbons (Fsp3) is 0.286. The van der Waals surface area contributed by atoms with E-state index >= 15 is 0 Å². The van der Waals surface area contributed by atoms with E-state index in [0.717, 1.165) is 16.5 Å². The number of rotatable bonds is 3. The molecule has 2 aromatic rings. The van der Waals surface area contributed by atoms with E-state index in [1.54, 1.807) is 31.4 Å². The predicted octanol–water partition coefficient (Wildman–Crippen LogP) is 1.71. The molecule has 0 bridgehead atoms. The Balaban J connectivity index is 2.36. The number of nitrogens with two attached hydrogens (primary N) is 1. The Labute approximate surface area is 112 Å². The first-order valence-electron chi connectivity index (χ1n) is 6.10. The van der Waals surface area contributed by atoms with Crippen LogP contribution in [-0.2, 0) is 4.79 Å². The number of nitrogen functional groups attached to an aromatic ring is 1. The van der Waals surface area contributed by atoms with Crippen molar-refractivity contribution in [2.75, 3.05) is 25.1 Å². The van der Waals surface area contributed by atoms with E-state index < -0.39 is 0 Å². The average Bonchev–Trinajstić information content (AvgIpc) is 2.41. The lowest BCUT2D eigenvalue weighted by Gasteiger charge is -2.20. The van der Waals surface area contributed by atoms with Crippen LogP contribution >= 0.6 is 0 Å². The third-order valence-electron chi connectivity index (χ3n) is 3.04. The number of hydrogen-bond acceptors (Lipinski definition) is 4. The maximum absolute atomic E-state index is 11.9. The molecule has 3 N–H and O–H groups in total. The zero-order valence-electron chi connectivity index (χ0n) is 11.3. The van der Waals surface area contributed by atoms with Crippen LogP contribution in [0.3, 0.4) is 0 Å². The van der Waals surface area contributed by atoms with Crippen LogP contribution in [0.2, 0.25) is 0 Å². The summed E-state index contributed by atoms with van der Waals surface area (Å²) in [7, 11) is 3.48. The lowest BCUT2D eigenvalue weighted by atomic mass is 10.1. The number of nitrogens with one attached hydrogen (secondary N) is 1. The van der Waals surface area contributed by atoms with Crippen molar-refractivity contribution in [2.24, 2.45) is 0 Å². The molecule has 0 radical (unpaired) electrons. The van der Waals surface area contributed by atoms with Gasteiger partial charge >= 0.3 is 0 Å². The van der Waals surface area contributed by atoms with Gasteiger partial charge in [-0.15, -0.1) is 0 Å². The summed E-state index contributed by atoms with van der Waals surface area (Å²) in [6.07, 6.45) is 3.44. The lowest BCUT2D eigenvalue weighted by Crippen LogP contribution is -2.36. The molecular formula is C14H18N4O. The topological polar surface area (TPSA) is 71.2 Å². The second-order valence-corrected chi connectivity index (χ2v) is 4.72. The van der Waals surface area contributed by atoms with Gasteiger partial charge in [0.2, 0.25) is 5.91 Å². The fourth-order valence-electron chi connectivity index (χ4n) is 2.02. The Morgan fingerprint density at radius 2 is 2.05 bits per heavy atom. The normalized spacial score (nSPS) is 12.2. The molecule has 1 atom stereocenters. The van der Waals surface area contributed by atoms with E-state index in [1.807, 2.05) is 25.1 Å². The number of pyridine rings is 1. The summed E-state index contributed by atoms with van der Waals surface area (Å²) >= 11 is 0. The minimum Gasteiger partial charge on any atom is -0.398 e. The molecule has 0 aliphatic carbocycles. The van der Waals surface area contributed by atoms with E-state index in [4.69, 9.17) is 5.73 Å². The predicted molar refractivity (Wildman–Crippen MR) is 77.9 cm³/mol. The van der Waals surface area contributed by atoms with Crippen LogP contribution in [0.5, 0.6) is 0 Å². The Bertz CT molecular complexity index is 609. The highest BCUT2D eigenvalue weighted by atomic mass is 16.2. The number of amides is 1. The number of anilines is 2. The Morgan fingerprint density at radius 1 is 1.32 bits per heavy atom. The number of benzene rings is 1. The highest BCUT2D eigenvalue weighted by molar-refractivity contribution is 6.01. The molecule has 19 heavy (non-hydrogen) atoms. The molecule has 0 saturated heterocycles. The maximum Gasteiger partial charge on any atom is 0.244 e. The molecule has 5 nitrogen and oxygen atoms in total. The van der Waals surface area contributed by atoms with Gasteiger partial charge in [0.05, 0.1) is 0 Å². The highest BCUT2D eigenvalue weighted by Crippen LogP contribution is 2.27. The van der Waals surface area contributed by atoms with Crippen LogP contribution in [0, 0.1) is 0 Å². The van der Waals surface area contributed by atoms with Gasteiger partial charge in [-0.05, 0) is 25.1 Å². The van der Waals surface area contributed by atoms with Crippen LogP contribution in [0.1, 0.15) is 6.92 Å². The minimum atomic E-state index is -0.296. The molecule has 1 amide bonds. The molecular weight excluding hydrogens is 240 g/mol. The van der Waals surface area contributed by atoms with Gasteiger partial charge in [0, 0.05) is 48.6 Å². The van der Waals surface area contributed by atoms with Gasteiger partial charge in [-0.2, -0.15) is 0 Å². The largest absolute Gasteiger partial charge is 0.398 e. The quantitative estimate of drug-likeness (QED) is 0.822. The first kappa shape index (κ1) is 13.1. The van der Waals surface area contributed by atoms with Crippen molar-refractivity contribution in [1.82, 2.24) is 9.88 Å². The van der Waals surface area contributed by atoms with Crippen LogP contribution in [0.25, 0.3) is 10.8 Å². The Kier molecular flexibility index (Phi) is 3.55. The first-order valence-corrected chi connectivity index (χ1v) is 6.10. The van der Waals surface area contributed by atoms with Crippen molar-refractivity contribution < 1.29 is 4.79 Å². The smallest absolute Gasteiger partial charge is 0.244 e. The fourth-order valence-corrected chi connectivity index (χ4v) is 2.02. The van der Waals surface area contributed by atoms with Gasteiger partial charge in [-0.3, -0.25) is 9.78 Å². The summed E-state index contributed by atoms with van der Waals surface area (Å²) in [5, 5.41) is 5.07. The third-order valence-corrected chi connectivity index (χ3v) is 3.04. The molecule has 1 aromatic heterocycles. The number of hydrogen-bond donors (Lipinski definition) is 2. The highest BCUT2D eigenvalue weighted by Gasteiger charge is 2.15. The second kappa shape index (κ2) is 5.14. The molecule has 100 valence electrons. The summed E-state index contributed by atoms with van der Waals surface area (Å²) in [5.41, 5.74) is 7.49. The van der Waals surface area contributed by atoms with Gasteiger partial charge in [0.15, 0.2) is 0 Å². The van der Waals surface area contributed by atoms with Gasteiger partial charge in [-0.1, -0.05) is 0 Å². The van der Waals surface area contributed by atoms with E-state index in [-0.39, 0.29) is 11.9 Å². The molecule has 5 heteroatoms. The first-order chi connectivity index (χ1) is 9.00. The number of fused-ring (bicyclic) bond motifs is 1. The monoisotopic (exact) mass is 258 g/mol.